The standard InChI is InChI=1S/C20H24O3.C14H12O.C6H14O3.CH4/c1-2-21-13-14-22-15-16-23-17-20(18-9-5-3-6-10-18)19-11-7-4-8-12-19;15-11-14(12-7-3-1-4-8-12)13-9-5-2-6-10-13;1-2-8-5-6-9-4-3-7;/h3-12,17H,2,13-16H2,1H3;1-11,14H;7H,2-6H2,1H3;1H4. The number of hydrogen-bond donors (Lipinski definition) is 1. The third-order valence-electron chi connectivity index (χ3n) is 6.56. The summed E-state index contributed by atoms with van der Waals surface area (Å²) in [5.41, 5.74) is 5.42. The lowest BCUT2D eigenvalue weighted by molar-refractivity contribution is -0.108. The second-order valence-electron chi connectivity index (χ2n) is 9.91. The van der Waals surface area contributed by atoms with Gasteiger partial charge in [-0.3, -0.25) is 0 Å². The largest absolute Gasteiger partial charge is 0.498 e. The number of ether oxygens (including phenoxy) is 5. The van der Waals surface area contributed by atoms with E-state index in [1.165, 1.54) is 0 Å². The molecular formula is C41H54O7. The predicted molar refractivity (Wildman–Crippen MR) is 195 cm³/mol. The number of hydrogen-bond acceptors (Lipinski definition) is 7. The highest BCUT2D eigenvalue weighted by Crippen LogP contribution is 2.23. The number of aliphatic hydroxyl groups excluding tert-OH is 1. The van der Waals surface area contributed by atoms with Crippen molar-refractivity contribution in [3.63, 3.8) is 0 Å². The smallest absolute Gasteiger partial charge is 0.131 e. The number of carbonyl (C=O) groups excluding carboxylic acids is 1. The average molecular weight is 659 g/mol. The summed E-state index contributed by atoms with van der Waals surface area (Å²) in [7, 11) is 0. The second kappa shape index (κ2) is 29.1. The molecule has 0 aromatic heterocycles. The molecule has 0 saturated heterocycles. The summed E-state index contributed by atoms with van der Waals surface area (Å²) in [5.74, 6) is -0.146. The van der Waals surface area contributed by atoms with Crippen LogP contribution in [0.25, 0.3) is 5.57 Å². The van der Waals surface area contributed by atoms with E-state index in [0.717, 1.165) is 47.3 Å². The van der Waals surface area contributed by atoms with Crippen LogP contribution in [0.15, 0.2) is 128 Å². The number of aldehydes is 1. The quantitative estimate of drug-likeness (QED) is 0.0625. The second-order valence-corrected chi connectivity index (χ2v) is 9.91. The Labute approximate surface area is 288 Å². The Morgan fingerprint density at radius 2 is 0.938 bits per heavy atom. The van der Waals surface area contributed by atoms with Crippen LogP contribution < -0.4 is 0 Å². The van der Waals surface area contributed by atoms with E-state index in [0.29, 0.717) is 46.2 Å². The Bertz CT molecular complexity index is 1210. The Morgan fingerprint density at radius 1 is 0.562 bits per heavy atom. The van der Waals surface area contributed by atoms with E-state index in [4.69, 9.17) is 28.8 Å². The summed E-state index contributed by atoms with van der Waals surface area (Å²) >= 11 is 0. The molecule has 0 amide bonds. The van der Waals surface area contributed by atoms with Crippen molar-refractivity contribution in [2.24, 2.45) is 0 Å². The van der Waals surface area contributed by atoms with Crippen molar-refractivity contribution in [2.45, 2.75) is 27.2 Å². The van der Waals surface area contributed by atoms with Gasteiger partial charge in [-0.05, 0) is 36.1 Å². The van der Waals surface area contributed by atoms with Crippen LogP contribution in [-0.2, 0) is 28.5 Å². The van der Waals surface area contributed by atoms with Crippen LogP contribution in [-0.4, -0.2) is 77.5 Å². The lowest BCUT2D eigenvalue weighted by atomic mass is 9.93. The van der Waals surface area contributed by atoms with Crippen LogP contribution in [0.4, 0.5) is 0 Å². The van der Waals surface area contributed by atoms with Crippen molar-refractivity contribution in [3.8, 4) is 0 Å². The van der Waals surface area contributed by atoms with Crippen LogP contribution in [0, 0.1) is 0 Å². The van der Waals surface area contributed by atoms with Gasteiger partial charge in [-0.25, -0.2) is 0 Å². The first-order valence-corrected chi connectivity index (χ1v) is 16.1. The zero-order chi connectivity index (χ0) is 33.6. The van der Waals surface area contributed by atoms with Gasteiger partial charge in [0.1, 0.15) is 12.9 Å². The van der Waals surface area contributed by atoms with Crippen molar-refractivity contribution in [1.29, 1.82) is 0 Å². The molecular weight excluding hydrogens is 604 g/mol. The summed E-state index contributed by atoms with van der Waals surface area (Å²) in [6, 6.07) is 40.1. The fourth-order valence-electron chi connectivity index (χ4n) is 4.25. The molecule has 0 atom stereocenters. The van der Waals surface area contributed by atoms with E-state index >= 15 is 0 Å². The first-order valence-electron chi connectivity index (χ1n) is 16.1. The van der Waals surface area contributed by atoms with Gasteiger partial charge in [-0.2, -0.15) is 0 Å². The maximum absolute atomic E-state index is 11.1. The van der Waals surface area contributed by atoms with Gasteiger partial charge in [0.2, 0.25) is 0 Å². The first kappa shape index (κ1) is 41.9. The van der Waals surface area contributed by atoms with Gasteiger partial charge >= 0.3 is 0 Å². The van der Waals surface area contributed by atoms with E-state index in [2.05, 4.69) is 24.3 Å². The first-order chi connectivity index (χ1) is 23.2. The molecule has 260 valence electrons. The number of rotatable bonds is 19. The van der Waals surface area contributed by atoms with Crippen molar-refractivity contribution in [2.75, 3.05) is 66.1 Å². The van der Waals surface area contributed by atoms with Crippen LogP contribution in [0.3, 0.4) is 0 Å². The van der Waals surface area contributed by atoms with Crippen molar-refractivity contribution in [1.82, 2.24) is 0 Å². The van der Waals surface area contributed by atoms with Gasteiger partial charge in [0, 0.05) is 18.8 Å². The minimum absolute atomic E-state index is 0. The van der Waals surface area contributed by atoms with Crippen LogP contribution in [0.2, 0.25) is 0 Å². The lowest BCUT2D eigenvalue weighted by Gasteiger charge is -2.10. The van der Waals surface area contributed by atoms with Crippen molar-refractivity contribution < 1.29 is 33.6 Å². The monoisotopic (exact) mass is 658 g/mol. The molecule has 4 rings (SSSR count). The Kier molecular flexibility index (Phi) is 25.4. The third kappa shape index (κ3) is 18.3. The van der Waals surface area contributed by atoms with Gasteiger partial charge in [0.15, 0.2) is 0 Å². The number of carbonyl (C=O) groups is 1. The molecule has 0 spiro atoms. The predicted octanol–water partition coefficient (Wildman–Crippen LogP) is 7.83. The van der Waals surface area contributed by atoms with Gasteiger partial charge in [-0.1, -0.05) is 129 Å². The number of aliphatic hydroxyl groups is 1. The maximum atomic E-state index is 11.1. The molecule has 0 fully saturated rings. The summed E-state index contributed by atoms with van der Waals surface area (Å²) in [6.07, 6.45) is 2.81. The highest BCUT2D eigenvalue weighted by atomic mass is 16.5. The Balaban J connectivity index is 0.000000396. The molecule has 0 saturated carbocycles. The highest BCUT2D eigenvalue weighted by Gasteiger charge is 2.11. The average Bonchev–Trinajstić information content (AvgIpc) is 3.13. The molecule has 1 N–H and O–H groups in total. The summed E-state index contributed by atoms with van der Waals surface area (Å²) < 4.78 is 26.2. The molecule has 48 heavy (non-hydrogen) atoms. The Morgan fingerprint density at radius 3 is 1.33 bits per heavy atom. The van der Waals surface area contributed by atoms with Crippen molar-refractivity contribution >= 4 is 11.9 Å². The van der Waals surface area contributed by atoms with E-state index < -0.39 is 0 Å². The molecule has 0 radical (unpaired) electrons. The van der Waals surface area contributed by atoms with Crippen LogP contribution in [0.5, 0.6) is 0 Å². The molecule has 0 aliphatic carbocycles. The normalized spacial score (nSPS) is 10.0. The summed E-state index contributed by atoms with van der Waals surface area (Å²) in [5, 5.41) is 8.26. The van der Waals surface area contributed by atoms with Gasteiger partial charge in [0.05, 0.1) is 58.4 Å². The number of benzene rings is 4. The van der Waals surface area contributed by atoms with Gasteiger partial charge < -0.3 is 33.6 Å². The molecule has 0 aliphatic heterocycles. The van der Waals surface area contributed by atoms with Gasteiger partial charge in [-0.15, -0.1) is 0 Å². The molecule has 0 bridgehead atoms. The Hall–Kier alpha value is -4.11. The van der Waals surface area contributed by atoms with Crippen molar-refractivity contribution in [3.05, 3.63) is 150 Å². The molecule has 7 heteroatoms. The topological polar surface area (TPSA) is 83.5 Å². The molecule has 0 heterocycles. The molecule has 0 unspecified atom stereocenters. The molecule has 4 aromatic carbocycles. The van der Waals surface area contributed by atoms with Gasteiger partial charge in [0.25, 0.3) is 0 Å². The third-order valence-corrected chi connectivity index (χ3v) is 6.56. The van der Waals surface area contributed by atoms with E-state index in [1.807, 2.05) is 117 Å². The summed E-state index contributed by atoms with van der Waals surface area (Å²) in [4.78, 5) is 11.1. The van der Waals surface area contributed by atoms with Crippen LogP contribution >= 0.6 is 0 Å². The zero-order valence-corrected chi connectivity index (χ0v) is 27.7. The van der Waals surface area contributed by atoms with E-state index in [9.17, 15) is 4.79 Å². The van der Waals surface area contributed by atoms with E-state index in [1.54, 1.807) is 0 Å². The lowest BCUT2D eigenvalue weighted by Crippen LogP contribution is -2.08. The fourth-order valence-corrected chi connectivity index (χ4v) is 4.25. The maximum Gasteiger partial charge on any atom is 0.131 e. The molecule has 7 nitrogen and oxygen atoms in total. The SMILES string of the molecule is C.CCOCCOCCO.CCOCCOCCOC=C(c1ccccc1)c1ccccc1.O=CC(c1ccccc1)c1ccccc1. The minimum atomic E-state index is -0.146. The fraction of sp³-hybridized carbons (Fsp3) is 0.341. The highest BCUT2D eigenvalue weighted by molar-refractivity contribution is 5.79. The minimum Gasteiger partial charge on any atom is -0.498 e. The zero-order valence-electron chi connectivity index (χ0n) is 27.7. The van der Waals surface area contributed by atoms with E-state index in [-0.39, 0.29) is 20.0 Å². The molecule has 0 aliphatic rings. The summed E-state index contributed by atoms with van der Waals surface area (Å²) in [6.45, 7) is 9.37. The molecule has 4 aromatic rings. The van der Waals surface area contributed by atoms with Crippen LogP contribution in [0.1, 0.15) is 49.4 Å².